The second-order valence-corrected chi connectivity index (χ2v) is 10.4. The van der Waals surface area contributed by atoms with E-state index in [1.807, 2.05) is 31.2 Å². The molecule has 0 saturated carbocycles. The maximum Gasteiger partial charge on any atom is 0.338 e. The number of hydrogen-bond acceptors (Lipinski definition) is 7. The van der Waals surface area contributed by atoms with Crippen molar-refractivity contribution in [1.29, 1.82) is 0 Å². The highest BCUT2D eigenvalue weighted by atomic mass is 32.1. The Morgan fingerprint density at radius 1 is 1.08 bits per heavy atom. The van der Waals surface area contributed by atoms with Crippen LogP contribution in [-0.2, 0) is 14.3 Å². The van der Waals surface area contributed by atoms with E-state index in [9.17, 15) is 14.4 Å². The Hall–Kier alpha value is -3.78. The molecule has 0 radical (unpaired) electrons. The molecule has 0 aliphatic carbocycles. The smallest absolute Gasteiger partial charge is 0.338 e. The molecule has 1 aromatic heterocycles. The van der Waals surface area contributed by atoms with Gasteiger partial charge in [-0.05, 0) is 54.2 Å². The molecule has 3 aromatic rings. The highest BCUT2D eigenvalue weighted by Gasteiger charge is 2.34. The molecule has 2 heterocycles. The van der Waals surface area contributed by atoms with E-state index in [4.69, 9.17) is 14.5 Å². The number of benzene rings is 2. The minimum absolute atomic E-state index is 0.229. The molecular weight excluding hydrogens is 500 g/mol. The van der Waals surface area contributed by atoms with Crippen LogP contribution < -0.4 is 19.6 Å². The summed E-state index contributed by atoms with van der Waals surface area (Å²) in [6.07, 6.45) is 3.18. The third-order valence-corrected chi connectivity index (χ3v) is 7.23. The van der Waals surface area contributed by atoms with Gasteiger partial charge in [-0.1, -0.05) is 74.9 Å². The first-order valence-corrected chi connectivity index (χ1v) is 13.6. The molecule has 4 rings (SSSR count). The van der Waals surface area contributed by atoms with Gasteiger partial charge < -0.3 is 9.47 Å². The molecule has 0 spiro atoms. The van der Waals surface area contributed by atoms with E-state index in [-0.39, 0.29) is 12.2 Å². The van der Waals surface area contributed by atoms with Crippen LogP contribution in [-0.4, -0.2) is 23.1 Å². The van der Waals surface area contributed by atoms with E-state index in [2.05, 4.69) is 13.8 Å². The molecule has 1 aliphatic heterocycles. The summed E-state index contributed by atoms with van der Waals surface area (Å²) in [5, 5.41) is 0. The zero-order chi connectivity index (χ0) is 27.4. The van der Waals surface area contributed by atoms with Crippen molar-refractivity contribution in [1.82, 2.24) is 4.57 Å². The van der Waals surface area contributed by atoms with E-state index >= 15 is 0 Å². The molecule has 0 bridgehead atoms. The van der Waals surface area contributed by atoms with Crippen LogP contribution in [0.25, 0.3) is 6.08 Å². The fourth-order valence-corrected chi connectivity index (χ4v) is 5.47. The molecular formula is C30H32N2O5S. The van der Waals surface area contributed by atoms with Crippen LogP contribution in [0.3, 0.4) is 0 Å². The number of aromatic nitrogens is 1. The summed E-state index contributed by atoms with van der Waals surface area (Å²) in [4.78, 5) is 43.6. The van der Waals surface area contributed by atoms with Gasteiger partial charge in [0.1, 0.15) is 5.75 Å². The van der Waals surface area contributed by atoms with Gasteiger partial charge in [-0.25, -0.2) is 9.79 Å². The van der Waals surface area contributed by atoms with E-state index in [1.165, 1.54) is 23.8 Å². The van der Waals surface area contributed by atoms with Gasteiger partial charge in [-0.3, -0.25) is 14.2 Å². The van der Waals surface area contributed by atoms with Gasteiger partial charge in [0, 0.05) is 6.92 Å². The van der Waals surface area contributed by atoms with Crippen LogP contribution >= 0.6 is 11.3 Å². The molecule has 198 valence electrons. The molecule has 7 nitrogen and oxygen atoms in total. The largest absolute Gasteiger partial charge is 0.463 e. The van der Waals surface area contributed by atoms with Gasteiger partial charge in [0.2, 0.25) is 0 Å². The van der Waals surface area contributed by atoms with Gasteiger partial charge in [-0.2, -0.15) is 0 Å². The van der Waals surface area contributed by atoms with Crippen LogP contribution in [0.2, 0.25) is 0 Å². The van der Waals surface area contributed by atoms with Crippen LogP contribution in [0.1, 0.15) is 76.1 Å². The Bertz CT molecular complexity index is 1540. The Morgan fingerprint density at radius 3 is 2.34 bits per heavy atom. The summed E-state index contributed by atoms with van der Waals surface area (Å²) in [6, 6.07) is 14.4. The Balaban J connectivity index is 1.90. The summed E-state index contributed by atoms with van der Waals surface area (Å²) in [7, 11) is 0. The molecule has 1 atom stereocenters. The van der Waals surface area contributed by atoms with Crippen molar-refractivity contribution in [2.45, 2.75) is 59.4 Å². The number of esters is 2. The van der Waals surface area contributed by atoms with Crippen molar-refractivity contribution in [2.24, 2.45) is 4.99 Å². The standard InChI is InChI=1S/C30H32N2O5S/c1-6-8-24-26(29(35)36-7-2)27(22-13-11-21(12-14-22)18(3)4)32-28(34)25(38-30(32)31-24)17-20-9-15-23(16-10-20)37-19(5)33/h9-18,27H,6-8H2,1-5H3/b25-17-/t27-/m1/s1. The van der Waals surface area contributed by atoms with Crippen LogP contribution in [0.5, 0.6) is 5.75 Å². The molecule has 38 heavy (non-hydrogen) atoms. The minimum Gasteiger partial charge on any atom is -0.463 e. The topological polar surface area (TPSA) is 87.0 Å². The highest BCUT2D eigenvalue weighted by Crippen LogP contribution is 2.33. The highest BCUT2D eigenvalue weighted by molar-refractivity contribution is 7.07. The lowest BCUT2D eigenvalue weighted by molar-refractivity contribution is -0.139. The second-order valence-electron chi connectivity index (χ2n) is 9.40. The summed E-state index contributed by atoms with van der Waals surface area (Å²) >= 11 is 1.29. The number of hydrogen-bond donors (Lipinski definition) is 0. The fourth-order valence-electron chi connectivity index (χ4n) is 4.45. The Kier molecular flexibility index (Phi) is 8.42. The first-order chi connectivity index (χ1) is 18.2. The summed E-state index contributed by atoms with van der Waals surface area (Å²) in [5.74, 6) is -0.0565. The molecule has 1 aliphatic rings. The maximum absolute atomic E-state index is 13.8. The molecule has 0 N–H and O–H groups in total. The third-order valence-electron chi connectivity index (χ3n) is 6.25. The predicted octanol–water partition coefficient (Wildman–Crippen LogP) is 4.63. The normalized spacial score (nSPS) is 15.3. The quantitative estimate of drug-likeness (QED) is 0.312. The number of carbonyl (C=O) groups is 2. The molecule has 0 amide bonds. The van der Waals surface area contributed by atoms with Crippen molar-refractivity contribution in [2.75, 3.05) is 6.61 Å². The number of thiazole rings is 1. The monoisotopic (exact) mass is 532 g/mol. The van der Waals surface area contributed by atoms with Crippen LogP contribution in [0.4, 0.5) is 0 Å². The zero-order valence-corrected chi connectivity index (χ0v) is 23.1. The first kappa shape index (κ1) is 27.3. The third kappa shape index (κ3) is 5.70. The second kappa shape index (κ2) is 11.7. The number of ether oxygens (including phenoxy) is 2. The molecule has 8 heteroatoms. The molecule has 0 unspecified atom stereocenters. The lowest BCUT2D eigenvalue weighted by atomic mass is 9.92. The number of allylic oxidation sites excluding steroid dienone is 1. The Labute approximate surface area is 225 Å². The van der Waals surface area contributed by atoms with Crippen molar-refractivity contribution >= 4 is 29.4 Å². The average Bonchev–Trinajstić information content (AvgIpc) is 3.19. The van der Waals surface area contributed by atoms with Crippen LogP contribution in [0.15, 0.2) is 69.6 Å². The summed E-state index contributed by atoms with van der Waals surface area (Å²) in [5.41, 5.74) is 3.63. The number of nitrogens with zero attached hydrogens (tertiary/aromatic N) is 2. The molecule has 2 aromatic carbocycles. The minimum atomic E-state index is -0.637. The van der Waals surface area contributed by atoms with Gasteiger partial charge in [0.25, 0.3) is 5.56 Å². The molecule has 0 saturated heterocycles. The van der Waals surface area contributed by atoms with Crippen LogP contribution in [0, 0.1) is 0 Å². The predicted molar refractivity (Wildman–Crippen MR) is 148 cm³/mol. The van der Waals surface area contributed by atoms with Gasteiger partial charge in [-0.15, -0.1) is 0 Å². The molecule has 0 fully saturated rings. The van der Waals surface area contributed by atoms with E-state index in [0.717, 1.165) is 17.5 Å². The fraction of sp³-hybridized carbons (Fsp3) is 0.333. The SMILES string of the molecule is CCCC1=C(C(=O)OCC)[C@@H](c2ccc(C(C)C)cc2)n2c(s/c(=C\c3ccc(OC(C)=O)cc3)c2=O)=N1. The van der Waals surface area contributed by atoms with Crippen molar-refractivity contribution in [3.05, 3.63) is 96.2 Å². The van der Waals surface area contributed by atoms with E-state index < -0.39 is 18.0 Å². The number of rotatable bonds is 8. The van der Waals surface area contributed by atoms with Gasteiger partial charge in [0.15, 0.2) is 4.80 Å². The van der Waals surface area contributed by atoms with Gasteiger partial charge in [0.05, 0.1) is 28.5 Å². The van der Waals surface area contributed by atoms with Gasteiger partial charge >= 0.3 is 11.9 Å². The van der Waals surface area contributed by atoms with E-state index in [1.54, 1.807) is 41.8 Å². The lowest BCUT2D eigenvalue weighted by Gasteiger charge is -2.26. The number of fused-ring (bicyclic) bond motifs is 1. The average molecular weight is 533 g/mol. The van der Waals surface area contributed by atoms with Crippen molar-refractivity contribution in [3.8, 4) is 5.75 Å². The first-order valence-electron chi connectivity index (χ1n) is 12.8. The van der Waals surface area contributed by atoms with E-state index in [0.29, 0.717) is 38.7 Å². The summed E-state index contributed by atoms with van der Waals surface area (Å²) < 4.78 is 12.7. The zero-order valence-electron chi connectivity index (χ0n) is 22.3. The maximum atomic E-state index is 13.8. The lowest BCUT2D eigenvalue weighted by Crippen LogP contribution is -2.40. The number of carbonyl (C=O) groups excluding carboxylic acids is 2. The Morgan fingerprint density at radius 2 is 1.76 bits per heavy atom. The van der Waals surface area contributed by atoms with Crippen molar-refractivity contribution in [3.63, 3.8) is 0 Å². The summed E-state index contributed by atoms with van der Waals surface area (Å²) in [6.45, 7) is 9.63. The van der Waals surface area contributed by atoms with Crippen molar-refractivity contribution < 1.29 is 19.1 Å².